The zero-order chi connectivity index (χ0) is 19.4. The van der Waals surface area contributed by atoms with Crippen LogP contribution in [0.4, 0.5) is 13.2 Å². The largest absolute Gasteiger partial charge is 0.466 e. The average Bonchev–Trinajstić information content (AvgIpc) is 3.17. The van der Waals surface area contributed by atoms with Crippen molar-refractivity contribution in [2.45, 2.75) is 32.0 Å². The number of ether oxygens (including phenoxy) is 1. The van der Waals surface area contributed by atoms with Crippen molar-refractivity contribution < 1.29 is 22.7 Å². The molecular weight excluding hydrogens is 357 g/mol. The number of hydrogen-bond acceptors (Lipinski definition) is 3. The first-order valence-corrected chi connectivity index (χ1v) is 9.10. The first kappa shape index (κ1) is 19.5. The fraction of sp³-hybridized carbons (Fsp3) is 0.450. The van der Waals surface area contributed by atoms with Crippen molar-refractivity contribution >= 4 is 5.97 Å². The SMILES string of the molecule is CCOC(=O)C1CCN(C(c2ccc(C(F)(F)F)cc2)c2cc[nH]c2)CC1. The number of benzene rings is 1. The number of halogens is 3. The van der Waals surface area contributed by atoms with Gasteiger partial charge in [0.15, 0.2) is 0 Å². The number of carbonyl (C=O) groups is 1. The quantitative estimate of drug-likeness (QED) is 0.782. The van der Waals surface area contributed by atoms with Crippen molar-refractivity contribution in [3.63, 3.8) is 0 Å². The van der Waals surface area contributed by atoms with Crippen LogP contribution >= 0.6 is 0 Å². The number of aromatic amines is 1. The molecule has 2 aromatic rings. The van der Waals surface area contributed by atoms with Crippen molar-refractivity contribution in [1.29, 1.82) is 0 Å². The third-order valence-corrected chi connectivity index (χ3v) is 5.01. The molecule has 4 nitrogen and oxygen atoms in total. The van der Waals surface area contributed by atoms with Crippen molar-refractivity contribution in [2.75, 3.05) is 19.7 Å². The zero-order valence-corrected chi connectivity index (χ0v) is 15.1. The molecule has 1 unspecified atom stereocenters. The highest BCUT2D eigenvalue weighted by Crippen LogP contribution is 2.35. The molecule has 3 rings (SSSR count). The Morgan fingerprint density at radius 1 is 1.19 bits per heavy atom. The summed E-state index contributed by atoms with van der Waals surface area (Å²) in [6.07, 6.45) is 0.679. The Balaban J connectivity index is 1.79. The molecule has 0 spiro atoms. The van der Waals surface area contributed by atoms with E-state index in [-0.39, 0.29) is 17.9 Å². The van der Waals surface area contributed by atoms with Crippen LogP contribution in [0.2, 0.25) is 0 Å². The molecule has 0 amide bonds. The zero-order valence-electron chi connectivity index (χ0n) is 15.1. The van der Waals surface area contributed by atoms with E-state index < -0.39 is 11.7 Å². The monoisotopic (exact) mass is 380 g/mol. The summed E-state index contributed by atoms with van der Waals surface area (Å²) in [6, 6.07) is 7.11. The number of piperidine rings is 1. The first-order chi connectivity index (χ1) is 12.9. The summed E-state index contributed by atoms with van der Waals surface area (Å²) in [5.74, 6) is -0.273. The first-order valence-electron chi connectivity index (χ1n) is 9.10. The fourth-order valence-electron chi connectivity index (χ4n) is 3.63. The molecule has 1 fully saturated rings. The number of carbonyl (C=O) groups excluding carboxylic acids is 1. The van der Waals surface area contributed by atoms with E-state index in [9.17, 15) is 18.0 Å². The summed E-state index contributed by atoms with van der Waals surface area (Å²) in [7, 11) is 0. The van der Waals surface area contributed by atoms with Crippen molar-refractivity contribution in [1.82, 2.24) is 9.88 Å². The lowest BCUT2D eigenvalue weighted by Crippen LogP contribution is -2.39. The van der Waals surface area contributed by atoms with Crippen LogP contribution in [0.5, 0.6) is 0 Å². The molecule has 2 heterocycles. The second-order valence-electron chi connectivity index (χ2n) is 6.73. The molecule has 7 heteroatoms. The van der Waals surface area contributed by atoms with Crippen LogP contribution in [0.3, 0.4) is 0 Å². The van der Waals surface area contributed by atoms with Gasteiger partial charge < -0.3 is 9.72 Å². The van der Waals surface area contributed by atoms with Gasteiger partial charge in [0.05, 0.1) is 24.1 Å². The second-order valence-corrected chi connectivity index (χ2v) is 6.73. The maximum Gasteiger partial charge on any atom is 0.416 e. The minimum absolute atomic E-state index is 0.110. The van der Waals surface area contributed by atoms with Gasteiger partial charge in [0.2, 0.25) is 0 Å². The molecule has 1 aliphatic rings. The molecule has 1 aromatic carbocycles. The number of aromatic nitrogens is 1. The van der Waals surface area contributed by atoms with E-state index in [1.807, 2.05) is 12.3 Å². The van der Waals surface area contributed by atoms with Gasteiger partial charge in [-0.3, -0.25) is 9.69 Å². The molecule has 0 bridgehead atoms. The van der Waals surface area contributed by atoms with Gasteiger partial charge in [-0.15, -0.1) is 0 Å². The molecule has 1 saturated heterocycles. The summed E-state index contributed by atoms with van der Waals surface area (Å²) in [5.41, 5.74) is 1.14. The molecule has 1 aliphatic heterocycles. The highest BCUT2D eigenvalue weighted by atomic mass is 19.4. The Morgan fingerprint density at radius 2 is 1.85 bits per heavy atom. The third-order valence-electron chi connectivity index (χ3n) is 5.01. The lowest BCUT2D eigenvalue weighted by atomic mass is 9.92. The minimum atomic E-state index is -4.35. The molecule has 1 N–H and O–H groups in total. The van der Waals surface area contributed by atoms with E-state index in [4.69, 9.17) is 4.74 Å². The maximum atomic E-state index is 12.9. The van der Waals surface area contributed by atoms with Gasteiger partial charge >= 0.3 is 12.1 Å². The topological polar surface area (TPSA) is 45.3 Å². The van der Waals surface area contributed by atoms with Crippen LogP contribution in [0, 0.1) is 5.92 Å². The van der Waals surface area contributed by atoms with Gasteiger partial charge in [0.1, 0.15) is 0 Å². The molecule has 0 saturated carbocycles. The molecular formula is C20H23F3N2O2. The maximum absolute atomic E-state index is 12.9. The normalized spacial score (nSPS) is 17.6. The van der Waals surface area contributed by atoms with Crippen LogP contribution < -0.4 is 0 Å². The van der Waals surface area contributed by atoms with E-state index in [1.165, 1.54) is 12.1 Å². The number of rotatable bonds is 5. The lowest BCUT2D eigenvalue weighted by molar-refractivity contribution is -0.149. The standard InChI is InChI=1S/C20H23F3N2O2/c1-2-27-19(26)15-8-11-25(12-9-15)18(16-7-10-24-13-16)14-3-5-17(6-4-14)20(21,22)23/h3-7,10,13,15,18,24H,2,8-9,11-12H2,1H3. The number of esters is 1. The summed E-state index contributed by atoms with van der Waals surface area (Å²) >= 11 is 0. The molecule has 0 aliphatic carbocycles. The van der Waals surface area contributed by atoms with Crippen LogP contribution in [0.15, 0.2) is 42.7 Å². The molecule has 146 valence electrons. The Hall–Kier alpha value is -2.28. The predicted octanol–water partition coefficient (Wildman–Crippen LogP) is 4.40. The van der Waals surface area contributed by atoms with Gasteiger partial charge in [-0.1, -0.05) is 12.1 Å². The van der Waals surface area contributed by atoms with Crippen molar-refractivity contribution in [3.8, 4) is 0 Å². The van der Waals surface area contributed by atoms with Gasteiger partial charge in [-0.05, 0) is 62.2 Å². The molecule has 27 heavy (non-hydrogen) atoms. The molecule has 1 aromatic heterocycles. The molecule has 0 radical (unpaired) electrons. The number of hydrogen-bond donors (Lipinski definition) is 1. The summed E-state index contributed by atoms with van der Waals surface area (Å²) < 4.78 is 43.7. The van der Waals surface area contributed by atoms with Crippen molar-refractivity contribution in [3.05, 3.63) is 59.4 Å². The van der Waals surface area contributed by atoms with E-state index in [1.54, 1.807) is 13.1 Å². The summed E-state index contributed by atoms with van der Waals surface area (Å²) in [4.78, 5) is 17.2. The number of H-pyrrole nitrogens is 1. The number of alkyl halides is 3. The number of nitrogens with zero attached hydrogens (tertiary/aromatic N) is 1. The summed E-state index contributed by atoms with van der Waals surface area (Å²) in [5, 5.41) is 0. The van der Waals surface area contributed by atoms with E-state index in [2.05, 4.69) is 9.88 Å². The van der Waals surface area contributed by atoms with Crippen LogP contribution in [0.25, 0.3) is 0 Å². The predicted molar refractivity (Wildman–Crippen MR) is 95.0 cm³/mol. The Labute approximate surface area is 156 Å². The highest BCUT2D eigenvalue weighted by Gasteiger charge is 2.33. The van der Waals surface area contributed by atoms with Gasteiger partial charge in [0.25, 0.3) is 0 Å². The second kappa shape index (κ2) is 8.17. The number of nitrogens with one attached hydrogen (secondary N) is 1. The smallest absolute Gasteiger partial charge is 0.416 e. The Bertz CT molecular complexity index is 734. The molecule has 1 atom stereocenters. The Morgan fingerprint density at radius 3 is 2.37 bits per heavy atom. The van der Waals surface area contributed by atoms with Crippen LogP contribution in [-0.2, 0) is 15.7 Å². The number of likely N-dealkylation sites (tertiary alicyclic amines) is 1. The van der Waals surface area contributed by atoms with Gasteiger partial charge in [-0.2, -0.15) is 13.2 Å². The summed E-state index contributed by atoms with van der Waals surface area (Å²) in [6.45, 7) is 3.52. The Kier molecular flexibility index (Phi) is 5.89. The van der Waals surface area contributed by atoms with E-state index in [0.29, 0.717) is 32.5 Å². The highest BCUT2D eigenvalue weighted by molar-refractivity contribution is 5.72. The van der Waals surface area contributed by atoms with Gasteiger partial charge in [0, 0.05) is 12.4 Å². The van der Waals surface area contributed by atoms with Crippen LogP contribution in [-0.4, -0.2) is 35.5 Å². The van der Waals surface area contributed by atoms with E-state index in [0.717, 1.165) is 23.3 Å². The van der Waals surface area contributed by atoms with E-state index >= 15 is 0 Å². The average molecular weight is 380 g/mol. The van der Waals surface area contributed by atoms with Crippen molar-refractivity contribution in [2.24, 2.45) is 5.92 Å². The van der Waals surface area contributed by atoms with Gasteiger partial charge in [-0.25, -0.2) is 0 Å². The fourth-order valence-corrected chi connectivity index (χ4v) is 3.63. The minimum Gasteiger partial charge on any atom is -0.466 e. The van der Waals surface area contributed by atoms with Crippen LogP contribution in [0.1, 0.15) is 42.5 Å². The lowest BCUT2D eigenvalue weighted by Gasteiger charge is -2.37. The third kappa shape index (κ3) is 4.53.